The van der Waals surface area contributed by atoms with Gasteiger partial charge in [-0.3, -0.25) is 19.9 Å². The van der Waals surface area contributed by atoms with Crippen LogP contribution in [0.5, 0.6) is 0 Å². The summed E-state index contributed by atoms with van der Waals surface area (Å²) < 4.78 is 1.63. The van der Waals surface area contributed by atoms with Gasteiger partial charge in [0.25, 0.3) is 5.91 Å². The van der Waals surface area contributed by atoms with Crippen molar-refractivity contribution in [1.29, 1.82) is 0 Å². The molecule has 2 amide bonds. The Kier molecular flexibility index (Phi) is 5.04. The van der Waals surface area contributed by atoms with Crippen LogP contribution in [0, 0.1) is 6.92 Å². The van der Waals surface area contributed by atoms with Crippen LogP contribution in [0.25, 0.3) is 11.7 Å². The minimum absolute atomic E-state index is 0.0521. The molecule has 0 spiro atoms. The van der Waals surface area contributed by atoms with E-state index in [9.17, 15) is 9.59 Å². The van der Waals surface area contributed by atoms with Crippen LogP contribution in [0.4, 0.5) is 11.9 Å². The number of pyridine rings is 1. The van der Waals surface area contributed by atoms with Crippen LogP contribution in [0.3, 0.4) is 0 Å². The number of rotatable bonds is 7. The maximum Gasteiger partial charge on any atom is 0.254 e. The lowest BCUT2D eigenvalue weighted by Crippen LogP contribution is -2.19. The fraction of sp³-hybridized carbons (Fsp3) is 0.364. The molecular weight excluding hydrogens is 408 g/mol. The minimum Gasteiger partial charge on any atom is -0.351 e. The number of aromatic nitrogens is 5. The highest BCUT2D eigenvalue weighted by Crippen LogP contribution is 2.27. The van der Waals surface area contributed by atoms with Gasteiger partial charge in [-0.15, -0.1) is 0 Å². The largest absolute Gasteiger partial charge is 0.351 e. The van der Waals surface area contributed by atoms with E-state index >= 15 is 0 Å². The van der Waals surface area contributed by atoms with Gasteiger partial charge >= 0.3 is 0 Å². The number of anilines is 2. The van der Waals surface area contributed by atoms with Crippen molar-refractivity contribution in [1.82, 2.24) is 29.9 Å². The van der Waals surface area contributed by atoms with E-state index in [-0.39, 0.29) is 24.3 Å². The van der Waals surface area contributed by atoms with Gasteiger partial charge in [0.15, 0.2) is 5.65 Å². The van der Waals surface area contributed by atoms with Crippen LogP contribution in [0.2, 0.25) is 0 Å². The standard InChI is InChI=1S/C22H24N8O2/c1-3-16(17-7-4-12(2)10-23-17)26-21-28-19-14(8-13-9-18(31)27-20(13)32)11-24-30(19)22(29-21)25-15-5-6-15/h4,7-8,10-11,15-16H,3,5-6,9H2,1-2H3,(H,27,31,32)(H2,25,26,28,29)/b13-8+. The number of imide groups is 1. The zero-order valence-corrected chi connectivity index (χ0v) is 17.9. The van der Waals surface area contributed by atoms with Crippen LogP contribution in [0.15, 0.2) is 30.1 Å². The van der Waals surface area contributed by atoms with Crippen molar-refractivity contribution in [2.24, 2.45) is 0 Å². The average Bonchev–Trinajstić information content (AvgIpc) is 3.41. The molecule has 2 fully saturated rings. The van der Waals surface area contributed by atoms with Gasteiger partial charge in [-0.05, 0) is 43.9 Å². The Morgan fingerprint density at radius 2 is 2.09 bits per heavy atom. The Bertz CT molecular complexity index is 1230. The third-order valence-electron chi connectivity index (χ3n) is 5.53. The molecule has 1 saturated heterocycles. The second-order valence-corrected chi connectivity index (χ2v) is 8.21. The zero-order valence-electron chi connectivity index (χ0n) is 17.9. The van der Waals surface area contributed by atoms with Crippen LogP contribution < -0.4 is 16.0 Å². The van der Waals surface area contributed by atoms with Crippen LogP contribution >= 0.6 is 0 Å². The predicted molar refractivity (Wildman–Crippen MR) is 119 cm³/mol. The highest BCUT2D eigenvalue weighted by atomic mass is 16.2. The quantitative estimate of drug-likeness (QED) is 0.384. The van der Waals surface area contributed by atoms with Crippen molar-refractivity contribution in [2.45, 2.75) is 51.6 Å². The molecule has 2 aliphatic rings. The van der Waals surface area contributed by atoms with Crippen molar-refractivity contribution in [3.8, 4) is 0 Å². The minimum atomic E-state index is -0.380. The van der Waals surface area contributed by atoms with E-state index in [2.05, 4.69) is 42.9 Å². The average molecular weight is 432 g/mol. The Morgan fingerprint density at radius 3 is 2.75 bits per heavy atom. The number of amides is 2. The van der Waals surface area contributed by atoms with E-state index in [0.29, 0.717) is 34.7 Å². The molecule has 1 aliphatic carbocycles. The van der Waals surface area contributed by atoms with Crippen LogP contribution in [0.1, 0.15) is 55.5 Å². The number of carbonyl (C=O) groups is 2. The molecule has 32 heavy (non-hydrogen) atoms. The van der Waals surface area contributed by atoms with Crippen molar-refractivity contribution in [3.05, 3.63) is 46.9 Å². The van der Waals surface area contributed by atoms with Gasteiger partial charge in [0.05, 0.1) is 24.4 Å². The van der Waals surface area contributed by atoms with Crippen molar-refractivity contribution < 1.29 is 9.59 Å². The molecule has 1 aliphatic heterocycles. The predicted octanol–water partition coefficient (Wildman–Crippen LogP) is 2.40. The van der Waals surface area contributed by atoms with Gasteiger partial charge < -0.3 is 10.6 Å². The summed E-state index contributed by atoms with van der Waals surface area (Å²) in [5.41, 5.74) is 3.61. The first-order valence-electron chi connectivity index (χ1n) is 10.8. The van der Waals surface area contributed by atoms with E-state index < -0.39 is 0 Å². The molecule has 10 nitrogen and oxygen atoms in total. The highest BCUT2D eigenvalue weighted by Gasteiger charge is 2.26. The molecule has 0 radical (unpaired) electrons. The number of hydrogen-bond acceptors (Lipinski definition) is 8. The number of carbonyl (C=O) groups excluding carboxylic acids is 2. The Morgan fingerprint density at radius 1 is 1.25 bits per heavy atom. The number of nitrogens with zero attached hydrogens (tertiary/aromatic N) is 5. The van der Waals surface area contributed by atoms with Crippen LogP contribution in [-0.4, -0.2) is 42.4 Å². The lowest BCUT2D eigenvalue weighted by molar-refractivity contribution is -0.124. The summed E-state index contributed by atoms with van der Waals surface area (Å²) in [4.78, 5) is 37.5. The van der Waals surface area contributed by atoms with E-state index in [4.69, 9.17) is 0 Å². The number of fused-ring (bicyclic) bond motifs is 1. The highest BCUT2D eigenvalue weighted by molar-refractivity contribution is 6.15. The molecule has 1 unspecified atom stereocenters. The van der Waals surface area contributed by atoms with Gasteiger partial charge in [-0.25, -0.2) is 0 Å². The van der Waals surface area contributed by atoms with Crippen LogP contribution in [-0.2, 0) is 9.59 Å². The molecule has 3 aromatic rings. The molecule has 4 heterocycles. The Hall–Kier alpha value is -3.82. The summed E-state index contributed by atoms with van der Waals surface area (Å²) in [6.07, 6.45) is 8.16. The summed E-state index contributed by atoms with van der Waals surface area (Å²) in [5.74, 6) is 0.349. The molecular formula is C22H24N8O2. The van der Waals surface area contributed by atoms with E-state index in [1.165, 1.54) is 0 Å². The number of aryl methyl sites for hydroxylation is 1. The monoisotopic (exact) mass is 432 g/mol. The summed E-state index contributed by atoms with van der Waals surface area (Å²) in [6.45, 7) is 4.08. The molecule has 0 bridgehead atoms. The third-order valence-corrected chi connectivity index (χ3v) is 5.53. The summed E-state index contributed by atoms with van der Waals surface area (Å²) >= 11 is 0. The van der Waals surface area contributed by atoms with Crippen molar-refractivity contribution in [2.75, 3.05) is 10.6 Å². The lowest BCUT2D eigenvalue weighted by Gasteiger charge is -2.17. The summed E-state index contributed by atoms with van der Waals surface area (Å²) in [6, 6.07) is 4.34. The fourth-order valence-electron chi connectivity index (χ4n) is 3.60. The Labute approximate surface area is 184 Å². The molecule has 164 valence electrons. The smallest absolute Gasteiger partial charge is 0.254 e. The molecule has 5 rings (SSSR count). The summed E-state index contributed by atoms with van der Waals surface area (Å²) in [7, 11) is 0. The first-order valence-corrected chi connectivity index (χ1v) is 10.8. The molecule has 3 aromatic heterocycles. The molecule has 0 aromatic carbocycles. The molecule has 3 N–H and O–H groups in total. The SMILES string of the molecule is CCC(Nc1nc(NC2CC2)n2ncc(/C=C3\CC(=O)NC3=O)c2n1)c1ccc(C)cn1. The normalized spacial score (nSPS) is 18.2. The first-order chi connectivity index (χ1) is 15.5. The number of hydrogen-bond donors (Lipinski definition) is 3. The fourth-order valence-corrected chi connectivity index (χ4v) is 3.60. The van der Waals surface area contributed by atoms with Crippen molar-refractivity contribution >= 4 is 35.4 Å². The second-order valence-electron chi connectivity index (χ2n) is 8.21. The van der Waals surface area contributed by atoms with Crippen molar-refractivity contribution in [3.63, 3.8) is 0 Å². The molecule has 10 heteroatoms. The van der Waals surface area contributed by atoms with Gasteiger partial charge in [0.1, 0.15) is 0 Å². The molecule has 1 atom stereocenters. The Balaban J connectivity index is 1.53. The zero-order chi connectivity index (χ0) is 22.2. The second kappa shape index (κ2) is 8.03. The van der Waals surface area contributed by atoms with Gasteiger partial charge in [-0.1, -0.05) is 13.0 Å². The topological polar surface area (TPSA) is 126 Å². The molecule has 1 saturated carbocycles. The van der Waals surface area contributed by atoms with Gasteiger partial charge in [0, 0.05) is 23.4 Å². The third kappa shape index (κ3) is 4.03. The van der Waals surface area contributed by atoms with E-state index in [0.717, 1.165) is 30.5 Å². The number of nitrogens with one attached hydrogen (secondary N) is 3. The maximum atomic E-state index is 12.0. The lowest BCUT2D eigenvalue weighted by atomic mass is 10.1. The van der Waals surface area contributed by atoms with Gasteiger partial charge in [-0.2, -0.15) is 19.6 Å². The first kappa shape index (κ1) is 20.1. The maximum absolute atomic E-state index is 12.0. The van der Waals surface area contributed by atoms with Gasteiger partial charge in [0.2, 0.25) is 17.8 Å². The van der Waals surface area contributed by atoms with E-state index in [1.54, 1.807) is 16.8 Å². The summed E-state index contributed by atoms with van der Waals surface area (Å²) in [5, 5.41) is 13.5. The van der Waals surface area contributed by atoms with E-state index in [1.807, 2.05) is 25.3 Å².